The Morgan fingerprint density at radius 3 is 1.85 bits per heavy atom. The van der Waals surface area contributed by atoms with Crippen molar-refractivity contribution in [3.05, 3.63) is 174 Å². The van der Waals surface area contributed by atoms with Crippen LogP contribution in [0.4, 0.5) is 17.1 Å². The molecule has 0 amide bonds. The molecule has 1 aliphatic carbocycles. The summed E-state index contributed by atoms with van der Waals surface area (Å²) < 4.78 is 2.70. The highest BCUT2D eigenvalue weighted by Crippen LogP contribution is 2.63. The molecule has 2 heteroatoms. The average Bonchev–Trinajstić information content (AvgIpc) is 3.72. The summed E-state index contributed by atoms with van der Waals surface area (Å²) in [5.41, 5.74) is 13.1. The number of hydrogen-bond donors (Lipinski definition) is 0. The SMILES string of the molecule is CC1(C)c2cc(-c3ccc(N(c4ccccc4)c4ccccc4)cc3)ccc2C2c3cc4ccccc4c4c5ccccc5n(c34)C21. The molecule has 1 aliphatic heterocycles. The van der Waals surface area contributed by atoms with E-state index < -0.39 is 0 Å². The molecule has 2 atom stereocenters. The minimum absolute atomic E-state index is 0.0483. The second-order valence-corrected chi connectivity index (χ2v) is 13.8. The number of rotatable bonds is 4. The monoisotopic (exact) mass is 602 g/mol. The average molecular weight is 603 g/mol. The predicted octanol–water partition coefficient (Wildman–Crippen LogP) is 12.1. The van der Waals surface area contributed by atoms with E-state index in [9.17, 15) is 0 Å². The van der Waals surface area contributed by atoms with E-state index in [1.165, 1.54) is 60.4 Å². The van der Waals surface area contributed by atoms with Crippen LogP contribution in [0.5, 0.6) is 0 Å². The van der Waals surface area contributed by atoms with Gasteiger partial charge < -0.3 is 9.47 Å². The molecule has 0 fully saturated rings. The van der Waals surface area contributed by atoms with Crippen LogP contribution in [0.1, 0.15) is 42.5 Å². The molecular formula is C45H34N2. The maximum absolute atomic E-state index is 2.70. The number of aromatic nitrogens is 1. The van der Waals surface area contributed by atoms with Crippen LogP contribution in [0.3, 0.4) is 0 Å². The molecule has 2 heterocycles. The summed E-state index contributed by atoms with van der Waals surface area (Å²) in [5, 5.41) is 5.47. The molecule has 0 radical (unpaired) electrons. The zero-order valence-electron chi connectivity index (χ0n) is 26.6. The fourth-order valence-electron chi connectivity index (χ4n) is 8.96. The molecule has 1 aromatic heterocycles. The lowest BCUT2D eigenvalue weighted by Crippen LogP contribution is -2.26. The smallest absolute Gasteiger partial charge is 0.0544 e. The molecule has 0 saturated carbocycles. The van der Waals surface area contributed by atoms with Crippen molar-refractivity contribution in [2.24, 2.45) is 0 Å². The highest BCUT2D eigenvalue weighted by atomic mass is 15.1. The molecule has 2 nitrogen and oxygen atoms in total. The van der Waals surface area contributed by atoms with Crippen molar-refractivity contribution in [3.8, 4) is 11.1 Å². The van der Waals surface area contributed by atoms with Gasteiger partial charge in [0.2, 0.25) is 0 Å². The molecule has 10 rings (SSSR count). The van der Waals surface area contributed by atoms with Crippen LogP contribution in [-0.2, 0) is 5.41 Å². The molecule has 0 saturated heterocycles. The summed E-state index contributed by atoms with van der Waals surface area (Å²) in [5.74, 6) is 0.341. The fourth-order valence-corrected chi connectivity index (χ4v) is 8.96. The number of anilines is 3. The Labute approximate surface area is 275 Å². The minimum Gasteiger partial charge on any atom is -0.335 e. The van der Waals surface area contributed by atoms with E-state index in [4.69, 9.17) is 0 Å². The number of fused-ring (bicyclic) bond motifs is 10. The van der Waals surface area contributed by atoms with Crippen LogP contribution < -0.4 is 4.90 Å². The van der Waals surface area contributed by atoms with Gasteiger partial charge in [-0.25, -0.2) is 0 Å². The van der Waals surface area contributed by atoms with Gasteiger partial charge in [-0.1, -0.05) is 123 Å². The van der Waals surface area contributed by atoms with Crippen LogP contribution in [0.15, 0.2) is 158 Å². The first-order valence-electron chi connectivity index (χ1n) is 16.7. The van der Waals surface area contributed by atoms with E-state index in [1.807, 2.05) is 0 Å². The first kappa shape index (κ1) is 26.6. The molecule has 2 aliphatic rings. The van der Waals surface area contributed by atoms with Crippen LogP contribution in [0.2, 0.25) is 0 Å². The third-order valence-corrected chi connectivity index (χ3v) is 11.0. The molecule has 0 bridgehead atoms. The predicted molar refractivity (Wildman–Crippen MR) is 197 cm³/mol. The quantitative estimate of drug-likeness (QED) is 0.195. The van der Waals surface area contributed by atoms with Gasteiger partial charge in [0, 0.05) is 44.7 Å². The van der Waals surface area contributed by atoms with E-state index in [1.54, 1.807) is 0 Å². The molecular weight excluding hydrogens is 569 g/mol. The van der Waals surface area contributed by atoms with Gasteiger partial charge in [-0.2, -0.15) is 0 Å². The van der Waals surface area contributed by atoms with Crippen molar-refractivity contribution in [1.29, 1.82) is 0 Å². The maximum Gasteiger partial charge on any atom is 0.0544 e. The fraction of sp³-hybridized carbons (Fsp3) is 0.111. The highest BCUT2D eigenvalue weighted by Gasteiger charge is 2.52. The Bertz CT molecular complexity index is 2450. The lowest BCUT2D eigenvalue weighted by atomic mass is 9.80. The first-order valence-corrected chi connectivity index (χ1v) is 16.7. The minimum atomic E-state index is -0.0483. The van der Waals surface area contributed by atoms with E-state index in [2.05, 4.69) is 181 Å². The molecule has 0 N–H and O–H groups in total. The van der Waals surface area contributed by atoms with Gasteiger partial charge in [-0.15, -0.1) is 0 Å². The third-order valence-electron chi connectivity index (χ3n) is 11.0. The van der Waals surface area contributed by atoms with E-state index in [0.717, 1.165) is 17.1 Å². The number of hydrogen-bond acceptors (Lipinski definition) is 1. The molecule has 0 spiro atoms. The number of para-hydroxylation sites is 3. The van der Waals surface area contributed by atoms with E-state index >= 15 is 0 Å². The van der Waals surface area contributed by atoms with Gasteiger partial charge in [0.1, 0.15) is 0 Å². The van der Waals surface area contributed by atoms with Crippen molar-refractivity contribution in [3.63, 3.8) is 0 Å². The number of nitrogens with zero attached hydrogens (tertiary/aromatic N) is 2. The second-order valence-electron chi connectivity index (χ2n) is 13.8. The van der Waals surface area contributed by atoms with Crippen molar-refractivity contribution in [2.75, 3.05) is 4.90 Å². The topological polar surface area (TPSA) is 8.17 Å². The third kappa shape index (κ3) is 3.67. The van der Waals surface area contributed by atoms with Crippen molar-refractivity contribution >= 4 is 49.6 Å². The van der Waals surface area contributed by atoms with Crippen LogP contribution >= 0.6 is 0 Å². The Balaban J connectivity index is 1.09. The molecule has 8 aromatic rings. The summed E-state index contributed by atoms with van der Waals surface area (Å²) in [7, 11) is 0. The number of benzene rings is 7. The molecule has 2 unspecified atom stereocenters. The summed E-state index contributed by atoms with van der Waals surface area (Å²) in [6.07, 6.45) is 0. The Morgan fingerprint density at radius 1 is 0.532 bits per heavy atom. The van der Waals surface area contributed by atoms with Crippen LogP contribution in [-0.4, -0.2) is 4.57 Å². The van der Waals surface area contributed by atoms with Gasteiger partial charge in [0.05, 0.1) is 11.6 Å². The van der Waals surface area contributed by atoms with Gasteiger partial charge >= 0.3 is 0 Å². The largest absolute Gasteiger partial charge is 0.335 e. The lowest BCUT2D eigenvalue weighted by Gasteiger charge is -2.30. The standard InChI is InChI=1S/C45H34N2/c1-45(2)39-28-30(29-21-24-34(25-22-29)46(32-14-5-3-6-15-32)33-16-7-4-8-17-33)23-26-36(39)42-38-27-31-13-9-10-18-35(31)41-37-19-11-12-20-40(37)47(43(38)41)44(42)45/h3-28,42,44H,1-2H3. The van der Waals surface area contributed by atoms with Crippen LogP contribution in [0.25, 0.3) is 43.7 Å². The summed E-state index contributed by atoms with van der Waals surface area (Å²) in [6, 6.07) is 58.4. The zero-order valence-corrected chi connectivity index (χ0v) is 26.6. The lowest BCUT2D eigenvalue weighted by molar-refractivity contribution is 0.350. The summed E-state index contributed by atoms with van der Waals surface area (Å²) in [4.78, 5) is 2.32. The summed E-state index contributed by atoms with van der Waals surface area (Å²) >= 11 is 0. The summed E-state index contributed by atoms with van der Waals surface area (Å²) in [6.45, 7) is 4.93. The maximum atomic E-state index is 2.70. The van der Waals surface area contributed by atoms with Gasteiger partial charge in [-0.05, 0) is 87.1 Å². The Kier molecular flexibility index (Phi) is 5.49. The van der Waals surface area contributed by atoms with E-state index in [0.29, 0.717) is 12.0 Å². The zero-order chi connectivity index (χ0) is 31.3. The highest BCUT2D eigenvalue weighted by molar-refractivity contribution is 6.22. The van der Waals surface area contributed by atoms with Crippen molar-refractivity contribution < 1.29 is 0 Å². The van der Waals surface area contributed by atoms with Gasteiger partial charge in [0.15, 0.2) is 0 Å². The Hall–Kier alpha value is -5.60. The van der Waals surface area contributed by atoms with Crippen molar-refractivity contribution in [1.82, 2.24) is 4.57 Å². The molecule has 224 valence electrons. The molecule has 47 heavy (non-hydrogen) atoms. The van der Waals surface area contributed by atoms with Crippen molar-refractivity contribution in [2.45, 2.75) is 31.2 Å². The van der Waals surface area contributed by atoms with E-state index in [-0.39, 0.29) is 5.41 Å². The molecule has 7 aromatic carbocycles. The normalized spacial score (nSPS) is 17.3. The van der Waals surface area contributed by atoms with Crippen LogP contribution in [0, 0.1) is 0 Å². The van der Waals surface area contributed by atoms with Gasteiger partial charge in [0.25, 0.3) is 0 Å². The first-order chi connectivity index (χ1) is 23.1. The van der Waals surface area contributed by atoms with Gasteiger partial charge in [-0.3, -0.25) is 0 Å². The Morgan fingerprint density at radius 2 is 1.13 bits per heavy atom. The second kappa shape index (κ2) is 9.70.